The van der Waals surface area contributed by atoms with Crippen molar-refractivity contribution >= 4 is 29.4 Å². The Labute approximate surface area is 100 Å². The monoisotopic (exact) mass is 248 g/mol. The van der Waals surface area contributed by atoms with Gasteiger partial charge < -0.3 is 11.1 Å². The Hall–Kier alpha value is 0.130. The van der Waals surface area contributed by atoms with Crippen molar-refractivity contribution in [2.45, 2.75) is 31.3 Å². The van der Waals surface area contributed by atoms with E-state index < -0.39 is 0 Å². The van der Waals surface area contributed by atoms with Gasteiger partial charge in [0.2, 0.25) is 5.91 Å². The van der Waals surface area contributed by atoms with Crippen LogP contribution in [0.5, 0.6) is 0 Å². The summed E-state index contributed by atoms with van der Waals surface area (Å²) in [5.74, 6) is 3.30. The number of nitrogens with one attached hydrogen (secondary N) is 1. The van der Waals surface area contributed by atoms with E-state index in [9.17, 15) is 4.79 Å². The third-order valence-corrected chi connectivity index (χ3v) is 4.23. The molecule has 0 radical (unpaired) electrons. The number of carbonyl (C=O) groups is 1. The second-order valence-electron chi connectivity index (χ2n) is 3.78. The van der Waals surface area contributed by atoms with E-state index in [0.29, 0.717) is 6.04 Å². The molecule has 1 atom stereocenters. The Morgan fingerprint density at radius 1 is 1.60 bits per heavy atom. The normalized spacial score (nSPS) is 19.9. The van der Waals surface area contributed by atoms with Crippen LogP contribution in [0.2, 0.25) is 0 Å². The van der Waals surface area contributed by atoms with Gasteiger partial charge in [0, 0.05) is 6.04 Å². The van der Waals surface area contributed by atoms with E-state index in [1.807, 2.05) is 18.0 Å². The maximum atomic E-state index is 11.7. The van der Waals surface area contributed by atoms with Gasteiger partial charge in [0.1, 0.15) is 0 Å². The zero-order valence-corrected chi connectivity index (χ0v) is 10.8. The van der Waals surface area contributed by atoms with Crippen LogP contribution in [-0.4, -0.2) is 41.5 Å². The number of hydrogen-bond acceptors (Lipinski definition) is 4. The standard InChI is InChI=1S/C10H20N2OS2/c1-14-5-4-9(11)10(13)12-8-2-6-15-7-3-8/h8-9H,2-7,11H2,1H3,(H,12,13)/t9-/m0/s1. The zero-order valence-electron chi connectivity index (χ0n) is 9.20. The maximum absolute atomic E-state index is 11.7. The lowest BCUT2D eigenvalue weighted by atomic mass is 10.1. The summed E-state index contributed by atoms with van der Waals surface area (Å²) in [5.41, 5.74) is 5.79. The summed E-state index contributed by atoms with van der Waals surface area (Å²) in [7, 11) is 0. The second-order valence-corrected chi connectivity index (χ2v) is 5.99. The highest BCUT2D eigenvalue weighted by Crippen LogP contribution is 2.16. The summed E-state index contributed by atoms with van der Waals surface area (Å²) in [4.78, 5) is 11.7. The smallest absolute Gasteiger partial charge is 0.237 e. The number of thioether (sulfide) groups is 2. The summed E-state index contributed by atoms with van der Waals surface area (Å²) in [6, 6.07) is 0.0334. The lowest BCUT2D eigenvalue weighted by molar-refractivity contribution is -0.123. The van der Waals surface area contributed by atoms with Crippen molar-refractivity contribution in [3.05, 3.63) is 0 Å². The van der Waals surface area contributed by atoms with E-state index >= 15 is 0 Å². The van der Waals surface area contributed by atoms with Gasteiger partial charge in [-0.1, -0.05) is 0 Å². The largest absolute Gasteiger partial charge is 0.352 e. The highest BCUT2D eigenvalue weighted by Gasteiger charge is 2.19. The first-order valence-corrected chi connectivity index (χ1v) is 7.91. The molecular formula is C10H20N2OS2. The molecule has 0 saturated carbocycles. The molecule has 0 unspecified atom stereocenters. The molecule has 0 aliphatic carbocycles. The molecule has 1 fully saturated rings. The molecule has 1 aliphatic rings. The molecule has 1 amide bonds. The molecule has 88 valence electrons. The van der Waals surface area contributed by atoms with Crippen molar-refractivity contribution in [2.75, 3.05) is 23.5 Å². The molecule has 3 N–H and O–H groups in total. The molecule has 0 aromatic carbocycles. The van der Waals surface area contributed by atoms with Gasteiger partial charge in [-0.05, 0) is 42.8 Å². The third-order valence-electron chi connectivity index (χ3n) is 2.54. The number of nitrogens with two attached hydrogens (primary N) is 1. The van der Waals surface area contributed by atoms with E-state index in [2.05, 4.69) is 5.32 Å². The van der Waals surface area contributed by atoms with Crippen molar-refractivity contribution in [1.82, 2.24) is 5.32 Å². The Morgan fingerprint density at radius 3 is 2.87 bits per heavy atom. The number of rotatable bonds is 5. The van der Waals surface area contributed by atoms with Crippen molar-refractivity contribution < 1.29 is 4.79 Å². The van der Waals surface area contributed by atoms with Crippen LogP contribution < -0.4 is 11.1 Å². The van der Waals surface area contributed by atoms with Gasteiger partial charge in [0.25, 0.3) is 0 Å². The van der Waals surface area contributed by atoms with E-state index in [1.54, 1.807) is 11.8 Å². The molecule has 1 aliphatic heterocycles. The average molecular weight is 248 g/mol. The molecule has 0 spiro atoms. The van der Waals surface area contributed by atoms with Gasteiger partial charge >= 0.3 is 0 Å². The van der Waals surface area contributed by atoms with Crippen molar-refractivity contribution in [1.29, 1.82) is 0 Å². The van der Waals surface area contributed by atoms with Crippen molar-refractivity contribution in [3.8, 4) is 0 Å². The number of hydrogen-bond donors (Lipinski definition) is 2. The molecule has 1 rings (SSSR count). The van der Waals surface area contributed by atoms with Crippen molar-refractivity contribution in [3.63, 3.8) is 0 Å². The fourth-order valence-electron chi connectivity index (χ4n) is 1.53. The van der Waals surface area contributed by atoms with Crippen LogP contribution in [0.3, 0.4) is 0 Å². The first-order chi connectivity index (χ1) is 7.24. The molecule has 1 heterocycles. The topological polar surface area (TPSA) is 55.1 Å². The van der Waals surface area contributed by atoms with Crippen LogP contribution in [0.15, 0.2) is 0 Å². The summed E-state index contributed by atoms with van der Waals surface area (Å²) < 4.78 is 0. The van der Waals surface area contributed by atoms with Crippen LogP contribution in [-0.2, 0) is 4.79 Å². The molecule has 0 aromatic heterocycles. The first kappa shape index (κ1) is 13.2. The van der Waals surface area contributed by atoms with Crippen LogP contribution >= 0.6 is 23.5 Å². The Balaban J connectivity index is 2.20. The van der Waals surface area contributed by atoms with Gasteiger partial charge in [-0.2, -0.15) is 23.5 Å². The van der Waals surface area contributed by atoms with Crippen LogP contribution in [0.1, 0.15) is 19.3 Å². The van der Waals surface area contributed by atoms with Gasteiger partial charge in [-0.3, -0.25) is 4.79 Å². The van der Waals surface area contributed by atoms with Gasteiger partial charge in [0.15, 0.2) is 0 Å². The van der Waals surface area contributed by atoms with E-state index in [0.717, 1.165) is 36.5 Å². The van der Waals surface area contributed by atoms with Gasteiger partial charge in [0.05, 0.1) is 6.04 Å². The van der Waals surface area contributed by atoms with E-state index in [4.69, 9.17) is 5.73 Å². The van der Waals surface area contributed by atoms with E-state index in [-0.39, 0.29) is 11.9 Å². The minimum absolute atomic E-state index is 0.0287. The van der Waals surface area contributed by atoms with Gasteiger partial charge in [-0.15, -0.1) is 0 Å². The quantitative estimate of drug-likeness (QED) is 0.764. The number of amides is 1. The maximum Gasteiger partial charge on any atom is 0.237 e. The lowest BCUT2D eigenvalue weighted by Crippen LogP contribution is -2.46. The Bertz CT molecular complexity index is 196. The van der Waals surface area contributed by atoms with Gasteiger partial charge in [-0.25, -0.2) is 0 Å². The van der Waals surface area contributed by atoms with Crippen molar-refractivity contribution in [2.24, 2.45) is 5.73 Å². The van der Waals surface area contributed by atoms with E-state index in [1.165, 1.54) is 0 Å². The predicted octanol–water partition coefficient (Wildman–Crippen LogP) is 1.08. The third kappa shape index (κ3) is 5.13. The summed E-state index contributed by atoms with van der Waals surface area (Å²) >= 11 is 3.69. The minimum atomic E-state index is -0.327. The fraction of sp³-hybridized carbons (Fsp3) is 0.900. The average Bonchev–Trinajstić information content (AvgIpc) is 2.27. The highest BCUT2D eigenvalue weighted by atomic mass is 32.2. The predicted molar refractivity (Wildman–Crippen MR) is 69.5 cm³/mol. The first-order valence-electron chi connectivity index (χ1n) is 5.36. The fourth-order valence-corrected chi connectivity index (χ4v) is 3.12. The molecule has 15 heavy (non-hydrogen) atoms. The van der Waals surface area contributed by atoms with Crippen LogP contribution in [0.4, 0.5) is 0 Å². The molecule has 5 heteroatoms. The summed E-state index contributed by atoms with van der Waals surface area (Å²) in [6.45, 7) is 0. The lowest BCUT2D eigenvalue weighted by Gasteiger charge is -2.24. The zero-order chi connectivity index (χ0) is 11.1. The molecule has 1 saturated heterocycles. The molecule has 3 nitrogen and oxygen atoms in total. The molecular weight excluding hydrogens is 228 g/mol. The Morgan fingerprint density at radius 2 is 2.27 bits per heavy atom. The summed E-state index contributed by atoms with van der Waals surface area (Å²) in [6.07, 6.45) is 4.98. The second kappa shape index (κ2) is 7.41. The molecule has 0 aromatic rings. The summed E-state index contributed by atoms with van der Waals surface area (Å²) in [5, 5.41) is 3.04. The number of carbonyl (C=O) groups excluding carboxylic acids is 1. The van der Waals surface area contributed by atoms with Crippen LogP contribution in [0.25, 0.3) is 0 Å². The van der Waals surface area contributed by atoms with Crippen LogP contribution in [0, 0.1) is 0 Å². The Kier molecular flexibility index (Phi) is 6.52. The SMILES string of the molecule is CSCC[C@H](N)C(=O)NC1CCSCC1. The highest BCUT2D eigenvalue weighted by molar-refractivity contribution is 7.99. The minimum Gasteiger partial charge on any atom is -0.352 e. The molecule has 0 bridgehead atoms.